The molecule has 1 amide bonds. The van der Waals surface area contributed by atoms with Gasteiger partial charge in [-0.15, -0.1) is 0 Å². The van der Waals surface area contributed by atoms with Gasteiger partial charge in [0, 0.05) is 10.6 Å². The molecule has 0 bridgehead atoms. The molecule has 1 aromatic heterocycles. The number of fused-ring (bicyclic) bond motifs is 1. The van der Waals surface area contributed by atoms with Crippen molar-refractivity contribution < 1.29 is 9.18 Å². The van der Waals surface area contributed by atoms with E-state index in [0.29, 0.717) is 33.0 Å². The molecule has 0 aliphatic rings. The first-order valence-electron chi connectivity index (χ1n) is 8.79. The summed E-state index contributed by atoms with van der Waals surface area (Å²) in [5.41, 5.74) is 0.957. The standard InChI is InChI=1S/C22H15ClFN3O2/c1-13-25-19-8-3-2-7-17(19)22(29)27(13)16-9-10-18(24)20(12-16)26-21(28)14-5-4-6-15(23)11-14/h2-12H,1H3,(H,26,28). The number of aromatic nitrogens is 2. The van der Waals surface area contributed by atoms with Crippen molar-refractivity contribution in [3.63, 3.8) is 0 Å². The van der Waals surface area contributed by atoms with Crippen LogP contribution in [0.25, 0.3) is 16.6 Å². The molecule has 0 saturated carbocycles. The minimum absolute atomic E-state index is 0.0491. The fraction of sp³-hybridized carbons (Fsp3) is 0.0455. The average molecular weight is 408 g/mol. The SMILES string of the molecule is Cc1nc2ccccc2c(=O)n1-c1ccc(F)c(NC(=O)c2cccc(Cl)c2)c1. The van der Waals surface area contributed by atoms with Crippen LogP contribution in [0.1, 0.15) is 16.2 Å². The molecular formula is C22H15ClFN3O2. The second kappa shape index (κ2) is 7.48. The predicted molar refractivity (Wildman–Crippen MR) is 111 cm³/mol. The first kappa shape index (κ1) is 18.8. The van der Waals surface area contributed by atoms with Crippen LogP contribution in [0.15, 0.2) is 71.5 Å². The maximum absolute atomic E-state index is 14.4. The number of halogens is 2. The van der Waals surface area contributed by atoms with Crippen molar-refractivity contribution in [2.45, 2.75) is 6.92 Å². The Kier molecular flexibility index (Phi) is 4.86. The predicted octanol–water partition coefficient (Wildman–Crippen LogP) is 4.74. The lowest BCUT2D eigenvalue weighted by molar-refractivity contribution is 0.102. The van der Waals surface area contributed by atoms with E-state index in [1.54, 1.807) is 49.4 Å². The smallest absolute Gasteiger partial charge is 0.265 e. The van der Waals surface area contributed by atoms with Crippen molar-refractivity contribution in [3.05, 3.63) is 99.3 Å². The van der Waals surface area contributed by atoms with Crippen LogP contribution >= 0.6 is 11.6 Å². The van der Waals surface area contributed by atoms with Crippen LogP contribution < -0.4 is 10.9 Å². The number of benzene rings is 3. The number of anilines is 1. The summed E-state index contributed by atoms with van der Waals surface area (Å²) < 4.78 is 15.7. The molecule has 0 aliphatic carbocycles. The third-order valence-corrected chi connectivity index (χ3v) is 4.72. The topological polar surface area (TPSA) is 64.0 Å². The molecule has 144 valence electrons. The summed E-state index contributed by atoms with van der Waals surface area (Å²) in [6, 6.07) is 17.4. The van der Waals surface area contributed by atoms with Gasteiger partial charge in [0.15, 0.2) is 0 Å². The highest BCUT2D eigenvalue weighted by atomic mass is 35.5. The molecular weight excluding hydrogens is 393 g/mol. The lowest BCUT2D eigenvalue weighted by Gasteiger charge is -2.13. The van der Waals surface area contributed by atoms with E-state index >= 15 is 0 Å². The first-order chi connectivity index (χ1) is 13.9. The van der Waals surface area contributed by atoms with Crippen LogP contribution in [0.4, 0.5) is 10.1 Å². The van der Waals surface area contributed by atoms with Crippen LogP contribution in [0.3, 0.4) is 0 Å². The first-order valence-corrected chi connectivity index (χ1v) is 9.17. The number of amides is 1. The number of carbonyl (C=O) groups is 1. The number of nitrogens with zero attached hydrogens (tertiary/aromatic N) is 2. The van der Waals surface area contributed by atoms with Gasteiger partial charge in [0.1, 0.15) is 11.6 Å². The highest BCUT2D eigenvalue weighted by molar-refractivity contribution is 6.31. The number of para-hydroxylation sites is 1. The molecule has 1 heterocycles. The van der Waals surface area contributed by atoms with E-state index in [1.165, 1.54) is 28.8 Å². The van der Waals surface area contributed by atoms with Gasteiger partial charge >= 0.3 is 0 Å². The molecule has 0 spiro atoms. The number of rotatable bonds is 3. The zero-order valence-corrected chi connectivity index (χ0v) is 16.1. The maximum atomic E-state index is 14.4. The van der Waals surface area contributed by atoms with Gasteiger partial charge in [-0.1, -0.05) is 29.8 Å². The second-order valence-electron chi connectivity index (χ2n) is 6.45. The highest BCUT2D eigenvalue weighted by Crippen LogP contribution is 2.21. The second-order valence-corrected chi connectivity index (χ2v) is 6.88. The molecule has 3 aromatic carbocycles. The minimum atomic E-state index is -0.622. The quantitative estimate of drug-likeness (QED) is 0.533. The van der Waals surface area contributed by atoms with Crippen molar-refractivity contribution in [1.82, 2.24) is 9.55 Å². The highest BCUT2D eigenvalue weighted by Gasteiger charge is 2.14. The Hall–Kier alpha value is -3.51. The van der Waals surface area contributed by atoms with Crippen molar-refractivity contribution >= 4 is 34.1 Å². The molecule has 4 aromatic rings. The van der Waals surface area contributed by atoms with E-state index in [9.17, 15) is 14.0 Å². The normalized spacial score (nSPS) is 10.9. The van der Waals surface area contributed by atoms with Crippen LogP contribution in [0, 0.1) is 12.7 Å². The van der Waals surface area contributed by atoms with Gasteiger partial charge in [0.2, 0.25) is 0 Å². The summed E-state index contributed by atoms with van der Waals surface area (Å²) in [7, 11) is 0. The molecule has 0 atom stereocenters. The number of nitrogens with one attached hydrogen (secondary N) is 1. The molecule has 1 N–H and O–H groups in total. The van der Waals surface area contributed by atoms with Gasteiger partial charge in [-0.2, -0.15) is 0 Å². The average Bonchev–Trinajstić information content (AvgIpc) is 2.70. The number of hydrogen-bond acceptors (Lipinski definition) is 3. The summed E-state index contributed by atoms with van der Waals surface area (Å²) >= 11 is 5.91. The van der Waals surface area contributed by atoms with Crippen molar-refractivity contribution in [3.8, 4) is 5.69 Å². The van der Waals surface area contributed by atoms with E-state index < -0.39 is 11.7 Å². The third kappa shape index (κ3) is 3.62. The monoisotopic (exact) mass is 407 g/mol. The van der Waals surface area contributed by atoms with E-state index in [4.69, 9.17) is 11.6 Å². The van der Waals surface area contributed by atoms with Crippen molar-refractivity contribution in [2.75, 3.05) is 5.32 Å². The number of carbonyl (C=O) groups excluding carboxylic acids is 1. The maximum Gasteiger partial charge on any atom is 0.265 e. The van der Waals surface area contributed by atoms with E-state index in [-0.39, 0.29) is 11.2 Å². The van der Waals surface area contributed by atoms with E-state index in [0.717, 1.165) is 0 Å². The fourth-order valence-corrected chi connectivity index (χ4v) is 3.31. The zero-order valence-electron chi connectivity index (χ0n) is 15.3. The summed E-state index contributed by atoms with van der Waals surface area (Å²) in [5.74, 6) is -0.680. The van der Waals surface area contributed by atoms with Crippen molar-refractivity contribution in [1.29, 1.82) is 0 Å². The van der Waals surface area contributed by atoms with Crippen molar-refractivity contribution in [2.24, 2.45) is 0 Å². The Morgan fingerprint density at radius 3 is 2.66 bits per heavy atom. The summed E-state index contributed by atoms with van der Waals surface area (Å²) in [6.45, 7) is 1.70. The molecule has 7 heteroatoms. The number of aryl methyl sites for hydroxylation is 1. The van der Waals surface area contributed by atoms with Crippen LogP contribution in [-0.4, -0.2) is 15.5 Å². The Balaban J connectivity index is 1.77. The zero-order chi connectivity index (χ0) is 20.5. The van der Waals surface area contributed by atoms with Gasteiger partial charge in [-0.05, 0) is 55.5 Å². The number of hydrogen-bond donors (Lipinski definition) is 1. The Morgan fingerprint density at radius 1 is 1.07 bits per heavy atom. The van der Waals surface area contributed by atoms with Gasteiger partial charge in [-0.3, -0.25) is 14.2 Å². The molecule has 29 heavy (non-hydrogen) atoms. The molecule has 5 nitrogen and oxygen atoms in total. The summed E-state index contributed by atoms with van der Waals surface area (Å²) in [6.07, 6.45) is 0. The largest absolute Gasteiger partial charge is 0.319 e. The summed E-state index contributed by atoms with van der Waals surface area (Å²) in [4.78, 5) is 29.9. The molecule has 4 rings (SSSR count). The van der Waals surface area contributed by atoms with Gasteiger partial charge < -0.3 is 5.32 Å². The molecule has 0 radical (unpaired) electrons. The minimum Gasteiger partial charge on any atom is -0.319 e. The molecule has 0 fully saturated rings. The lowest BCUT2D eigenvalue weighted by Crippen LogP contribution is -2.22. The van der Waals surface area contributed by atoms with E-state index in [1.807, 2.05) is 0 Å². The third-order valence-electron chi connectivity index (χ3n) is 4.49. The van der Waals surface area contributed by atoms with Gasteiger partial charge in [0.25, 0.3) is 11.5 Å². The Morgan fingerprint density at radius 2 is 1.86 bits per heavy atom. The Bertz CT molecular complexity index is 1320. The van der Waals surface area contributed by atoms with Crippen LogP contribution in [0.2, 0.25) is 5.02 Å². The fourth-order valence-electron chi connectivity index (χ4n) is 3.12. The molecule has 0 unspecified atom stereocenters. The molecule has 0 aliphatic heterocycles. The van der Waals surface area contributed by atoms with Crippen LogP contribution in [-0.2, 0) is 0 Å². The lowest BCUT2D eigenvalue weighted by atomic mass is 10.2. The van der Waals surface area contributed by atoms with Crippen LogP contribution in [0.5, 0.6) is 0 Å². The van der Waals surface area contributed by atoms with E-state index in [2.05, 4.69) is 10.3 Å². The van der Waals surface area contributed by atoms with Gasteiger partial charge in [-0.25, -0.2) is 9.37 Å². The Labute approximate surface area is 170 Å². The summed E-state index contributed by atoms with van der Waals surface area (Å²) in [5, 5.41) is 3.38. The molecule has 0 saturated heterocycles. The van der Waals surface area contributed by atoms with Gasteiger partial charge in [0.05, 0.1) is 22.3 Å².